The van der Waals surface area contributed by atoms with Gasteiger partial charge in [0.15, 0.2) is 0 Å². The lowest BCUT2D eigenvalue weighted by Gasteiger charge is -2.55. The first-order valence-electron chi connectivity index (χ1n) is 21.0. The van der Waals surface area contributed by atoms with Crippen LogP contribution >= 0.6 is 0 Å². The average molecular weight is 781 g/mol. The van der Waals surface area contributed by atoms with Crippen molar-refractivity contribution < 1.29 is 38.7 Å². The number of ether oxygens (including phenoxy) is 4. The van der Waals surface area contributed by atoms with E-state index in [1.165, 1.54) is 0 Å². The Labute approximate surface area is 337 Å². The van der Waals surface area contributed by atoms with Crippen molar-refractivity contribution >= 4 is 11.9 Å². The number of unbranched alkanes of at least 4 members (excludes halogenated alkanes) is 5. The molecule has 2 unspecified atom stereocenters. The molecule has 0 aliphatic carbocycles. The molecule has 2 aliphatic rings. The number of rotatable bonds is 21. The van der Waals surface area contributed by atoms with Gasteiger partial charge in [0.25, 0.3) is 0 Å². The third-order valence-electron chi connectivity index (χ3n) is 11.6. The molecule has 2 fully saturated rings. The van der Waals surface area contributed by atoms with Gasteiger partial charge in [-0.05, 0) is 92.5 Å². The number of benzene rings is 2. The predicted molar refractivity (Wildman–Crippen MR) is 221 cm³/mol. The summed E-state index contributed by atoms with van der Waals surface area (Å²) in [6, 6.07) is 19.1. The predicted octanol–water partition coefficient (Wildman–Crippen LogP) is 8.12. The van der Waals surface area contributed by atoms with Crippen molar-refractivity contribution in [2.45, 2.75) is 179 Å². The van der Waals surface area contributed by atoms with Crippen LogP contribution in [0.4, 0.5) is 0 Å². The van der Waals surface area contributed by atoms with E-state index in [0.717, 1.165) is 50.0 Å². The van der Waals surface area contributed by atoms with Gasteiger partial charge < -0.3 is 29.2 Å². The molecule has 2 heterocycles. The van der Waals surface area contributed by atoms with Crippen molar-refractivity contribution in [2.24, 2.45) is 0 Å². The van der Waals surface area contributed by atoms with E-state index in [1.807, 2.05) is 60.7 Å². The third kappa shape index (κ3) is 14.3. The Kier molecular flexibility index (Phi) is 16.7. The number of β-amino-alcohol motifs (C(OH)–C–C–N with tert-alkyl or cyclic N) is 2. The van der Waals surface area contributed by atoms with Gasteiger partial charge in [0.05, 0.1) is 0 Å². The summed E-state index contributed by atoms with van der Waals surface area (Å²) in [6.07, 6.45) is 7.57. The highest BCUT2D eigenvalue weighted by Gasteiger charge is 2.48. The van der Waals surface area contributed by atoms with Crippen LogP contribution in [0.25, 0.3) is 0 Å². The number of esters is 2. The fourth-order valence-electron chi connectivity index (χ4n) is 9.29. The number of likely N-dealkylation sites (tertiary alicyclic amines) is 2. The number of aliphatic hydroxyl groups excluding tert-OH is 2. The van der Waals surface area contributed by atoms with Gasteiger partial charge in [0.1, 0.15) is 49.1 Å². The molecule has 0 bridgehead atoms. The van der Waals surface area contributed by atoms with Crippen molar-refractivity contribution in [1.29, 1.82) is 0 Å². The van der Waals surface area contributed by atoms with E-state index in [-0.39, 0.29) is 59.5 Å². The summed E-state index contributed by atoms with van der Waals surface area (Å²) < 4.78 is 23.6. The molecular formula is C46H72N2O8. The molecule has 10 nitrogen and oxygen atoms in total. The molecule has 4 rings (SSSR count). The average Bonchev–Trinajstić information content (AvgIpc) is 3.11. The van der Waals surface area contributed by atoms with E-state index in [9.17, 15) is 19.8 Å². The van der Waals surface area contributed by atoms with Crippen molar-refractivity contribution in [3.8, 4) is 11.5 Å². The van der Waals surface area contributed by atoms with Crippen LogP contribution in [0.3, 0.4) is 0 Å². The number of hydrogen-bond donors (Lipinski definition) is 2. The highest BCUT2D eigenvalue weighted by Crippen LogP contribution is 2.41. The van der Waals surface area contributed by atoms with Gasteiger partial charge in [0, 0.05) is 73.8 Å². The first-order valence-corrected chi connectivity index (χ1v) is 21.0. The number of carbonyl (C=O) groups excluding carboxylic acids is 2. The summed E-state index contributed by atoms with van der Waals surface area (Å²) in [4.78, 5) is 30.3. The molecule has 2 saturated heterocycles. The van der Waals surface area contributed by atoms with Crippen LogP contribution in [0.15, 0.2) is 60.7 Å². The van der Waals surface area contributed by atoms with E-state index in [4.69, 9.17) is 18.9 Å². The smallest absolute Gasteiger partial charge is 0.306 e. The van der Waals surface area contributed by atoms with Gasteiger partial charge in [-0.25, -0.2) is 0 Å². The Hall–Kier alpha value is -3.18. The summed E-state index contributed by atoms with van der Waals surface area (Å²) in [6.45, 7) is 18.6. The summed E-state index contributed by atoms with van der Waals surface area (Å²) in [5.41, 5.74) is -1.05. The van der Waals surface area contributed by atoms with Crippen LogP contribution in [-0.2, 0) is 19.1 Å². The Bertz CT molecular complexity index is 1330. The third-order valence-corrected chi connectivity index (χ3v) is 11.6. The number of nitrogens with zero attached hydrogens (tertiary/aromatic N) is 2. The zero-order chi connectivity index (χ0) is 41.0. The lowest BCUT2D eigenvalue weighted by Crippen LogP contribution is -2.64. The maximum Gasteiger partial charge on any atom is 0.306 e. The molecule has 2 N–H and O–H groups in total. The maximum absolute atomic E-state index is 12.8. The van der Waals surface area contributed by atoms with Gasteiger partial charge in [-0.3, -0.25) is 19.4 Å². The molecule has 0 radical (unpaired) electrons. The minimum absolute atomic E-state index is 0.139. The highest BCUT2D eigenvalue weighted by molar-refractivity contribution is 5.70. The SMILES string of the molecule is CC1(C)CC(OC(=O)CCCCCCCCC(=O)OC2CC(C)(C)N(CC(O)COc3ccccc3)C(C)(C)C2)CC(C)(C)N1CC(O)COc1ccccc1. The zero-order valence-electron chi connectivity index (χ0n) is 35.6. The molecule has 2 aromatic carbocycles. The molecule has 0 aromatic heterocycles. The first-order chi connectivity index (χ1) is 26.4. The summed E-state index contributed by atoms with van der Waals surface area (Å²) in [5.74, 6) is 1.20. The molecule has 2 aliphatic heterocycles. The zero-order valence-corrected chi connectivity index (χ0v) is 35.6. The summed E-state index contributed by atoms with van der Waals surface area (Å²) in [5, 5.41) is 21.6. The fourth-order valence-corrected chi connectivity index (χ4v) is 9.29. The van der Waals surface area contributed by atoms with Crippen molar-refractivity contribution in [3.05, 3.63) is 60.7 Å². The summed E-state index contributed by atoms with van der Waals surface area (Å²) >= 11 is 0. The van der Waals surface area contributed by atoms with Crippen molar-refractivity contribution in [1.82, 2.24) is 9.80 Å². The van der Waals surface area contributed by atoms with Gasteiger partial charge in [0.2, 0.25) is 0 Å². The van der Waals surface area contributed by atoms with Crippen molar-refractivity contribution in [2.75, 3.05) is 26.3 Å². The van der Waals surface area contributed by atoms with Crippen LogP contribution in [0.5, 0.6) is 11.5 Å². The van der Waals surface area contributed by atoms with Gasteiger partial charge in [-0.2, -0.15) is 0 Å². The molecule has 0 spiro atoms. The summed E-state index contributed by atoms with van der Waals surface area (Å²) in [7, 11) is 0. The normalized spacial score (nSPS) is 20.8. The number of hydrogen-bond acceptors (Lipinski definition) is 10. The first kappa shape index (κ1) is 45.5. The van der Waals surface area contributed by atoms with E-state index in [2.05, 4.69) is 65.2 Å². The van der Waals surface area contributed by atoms with E-state index >= 15 is 0 Å². The topological polar surface area (TPSA) is 118 Å². The minimum atomic E-state index is -0.643. The monoisotopic (exact) mass is 781 g/mol. The quantitative estimate of drug-likeness (QED) is 0.0951. The second-order valence-corrected chi connectivity index (χ2v) is 18.7. The molecule has 0 saturated carbocycles. The largest absolute Gasteiger partial charge is 0.491 e. The number of para-hydroxylation sites is 2. The standard InChI is InChI=1S/C46H72N2O8/c1-43(2)27-39(28-44(3,4)47(43)31-35(49)33-53-37-21-15-13-16-22-37)55-41(51)25-19-11-9-10-12-20-26-42(52)56-40-29-45(5,6)48(46(7,8)30-40)32-36(50)34-54-38-23-17-14-18-24-38/h13-18,21-24,35-36,39-40,49-50H,9-12,19-20,25-34H2,1-8H3. The molecule has 0 amide bonds. The van der Waals surface area contributed by atoms with Crippen LogP contribution in [0, 0.1) is 0 Å². The minimum Gasteiger partial charge on any atom is -0.491 e. The van der Waals surface area contributed by atoms with Crippen LogP contribution in [0.2, 0.25) is 0 Å². The maximum atomic E-state index is 12.8. The van der Waals surface area contributed by atoms with E-state index in [1.54, 1.807) is 0 Å². The number of carbonyl (C=O) groups is 2. The van der Waals surface area contributed by atoms with Crippen molar-refractivity contribution in [3.63, 3.8) is 0 Å². The molecule has 56 heavy (non-hydrogen) atoms. The fraction of sp³-hybridized carbons (Fsp3) is 0.696. The molecule has 2 aromatic rings. The van der Waals surface area contributed by atoms with Crippen LogP contribution < -0.4 is 9.47 Å². The van der Waals surface area contributed by atoms with E-state index < -0.39 is 12.2 Å². The molecule has 2 atom stereocenters. The van der Waals surface area contributed by atoms with Crippen LogP contribution in [-0.4, -0.2) is 105 Å². The Balaban J connectivity index is 1.06. The van der Waals surface area contributed by atoms with Gasteiger partial charge >= 0.3 is 11.9 Å². The van der Waals surface area contributed by atoms with Gasteiger partial charge in [-0.1, -0.05) is 62.1 Å². The Morgan fingerprint density at radius 2 is 0.857 bits per heavy atom. The molecule has 314 valence electrons. The lowest BCUT2D eigenvalue weighted by atomic mass is 9.77. The molecular weight excluding hydrogens is 709 g/mol. The molecule has 10 heteroatoms. The number of piperidine rings is 2. The van der Waals surface area contributed by atoms with Crippen LogP contribution in [0.1, 0.15) is 132 Å². The second-order valence-electron chi connectivity index (χ2n) is 18.7. The van der Waals surface area contributed by atoms with Gasteiger partial charge in [-0.15, -0.1) is 0 Å². The number of aliphatic hydroxyl groups is 2. The van der Waals surface area contributed by atoms with E-state index in [0.29, 0.717) is 51.6 Å². The Morgan fingerprint density at radius 3 is 1.18 bits per heavy atom. The highest BCUT2D eigenvalue weighted by atomic mass is 16.5. The second kappa shape index (κ2) is 20.5. The lowest BCUT2D eigenvalue weighted by molar-refractivity contribution is -0.163. The Morgan fingerprint density at radius 1 is 0.554 bits per heavy atom.